The summed E-state index contributed by atoms with van der Waals surface area (Å²) in [4.78, 5) is 16.3. The third-order valence-corrected chi connectivity index (χ3v) is 3.67. The Bertz CT molecular complexity index is 418. The van der Waals surface area contributed by atoms with Crippen molar-refractivity contribution in [3.63, 3.8) is 0 Å². The zero-order valence-corrected chi connectivity index (χ0v) is 12.2. The molecule has 0 saturated heterocycles. The number of likely N-dealkylation sites (N-methyl/N-ethyl adjacent to an activating group) is 1. The van der Waals surface area contributed by atoms with E-state index >= 15 is 0 Å². The lowest BCUT2D eigenvalue weighted by Gasteiger charge is -2.26. The molecular weight excluding hydrogens is 252 g/mol. The van der Waals surface area contributed by atoms with Crippen molar-refractivity contribution in [2.45, 2.75) is 32.4 Å². The molecule has 1 aromatic rings. The number of hydrogen-bond acceptors (Lipinski definition) is 3. The van der Waals surface area contributed by atoms with Crippen LogP contribution < -0.4 is 0 Å². The molecule has 1 aliphatic rings. The summed E-state index contributed by atoms with van der Waals surface area (Å²) in [6, 6.07) is 10.5. The van der Waals surface area contributed by atoms with E-state index in [2.05, 4.69) is 0 Å². The topological polar surface area (TPSA) is 43.8 Å². The molecule has 1 N–H and O–H groups in total. The Morgan fingerprint density at radius 2 is 2.00 bits per heavy atom. The Labute approximate surface area is 121 Å². The molecule has 0 bridgehead atoms. The van der Waals surface area contributed by atoms with Crippen molar-refractivity contribution >= 4 is 5.91 Å². The van der Waals surface area contributed by atoms with Gasteiger partial charge >= 0.3 is 0 Å². The van der Waals surface area contributed by atoms with Gasteiger partial charge in [-0.05, 0) is 25.3 Å². The zero-order valence-electron chi connectivity index (χ0n) is 12.2. The van der Waals surface area contributed by atoms with Gasteiger partial charge in [0.25, 0.3) is 0 Å². The molecule has 0 unspecified atom stereocenters. The van der Waals surface area contributed by atoms with Crippen molar-refractivity contribution in [3.8, 4) is 0 Å². The normalized spacial score (nSPS) is 14.6. The minimum atomic E-state index is 0.0790. The molecule has 0 atom stereocenters. The van der Waals surface area contributed by atoms with Crippen LogP contribution in [0.5, 0.6) is 0 Å². The van der Waals surface area contributed by atoms with Gasteiger partial charge in [0.05, 0.1) is 13.2 Å². The summed E-state index contributed by atoms with van der Waals surface area (Å²) in [5.74, 6) is 0.180. The summed E-state index contributed by atoms with van der Waals surface area (Å²) in [6.07, 6.45) is 2.27. The fraction of sp³-hybridized carbons (Fsp3) is 0.562. The average molecular weight is 276 g/mol. The maximum absolute atomic E-state index is 12.3. The molecule has 0 heterocycles. The number of aliphatic hydroxyl groups is 1. The van der Waals surface area contributed by atoms with Gasteiger partial charge in [0, 0.05) is 25.7 Å². The van der Waals surface area contributed by atoms with Crippen LogP contribution in [0.4, 0.5) is 0 Å². The van der Waals surface area contributed by atoms with Gasteiger partial charge in [-0.15, -0.1) is 0 Å². The number of carbonyl (C=O) groups is 1. The summed E-state index contributed by atoms with van der Waals surface area (Å²) < 4.78 is 0. The van der Waals surface area contributed by atoms with Gasteiger partial charge < -0.3 is 10.0 Å². The van der Waals surface area contributed by atoms with Crippen LogP contribution in [0.3, 0.4) is 0 Å². The molecule has 2 rings (SSSR count). The Morgan fingerprint density at radius 1 is 1.30 bits per heavy atom. The molecule has 1 amide bonds. The van der Waals surface area contributed by atoms with Crippen molar-refractivity contribution in [3.05, 3.63) is 35.9 Å². The largest absolute Gasteiger partial charge is 0.395 e. The summed E-state index contributed by atoms with van der Waals surface area (Å²) in [5.41, 5.74) is 1.17. The molecule has 0 radical (unpaired) electrons. The first-order valence-electron chi connectivity index (χ1n) is 7.41. The third kappa shape index (κ3) is 4.32. The molecule has 110 valence electrons. The van der Waals surface area contributed by atoms with Crippen molar-refractivity contribution < 1.29 is 9.90 Å². The Kier molecular flexibility index (Phi) is 5.56. The van der Waals surface area contributed by atoms with E-state index in [1.54, 1.807) is 0 Å². The lowest BCUT2D eigenvalue weighted by molar-refractivity contribution is -0.133. The Hall–Kier alpha value is -1.39. The number of benzene rings is 1. The fourth-order valence-corrected chi connectivity index (χ4v) is 2.50. The van der Waals surface area contributed by atoms with Gasteiger partial charge in [-0.3, -0.25) is 9.69 Å². The van der Waals surface area contributed by atoms with Gasteiger partial charge in [-0.1, -0.05) is 30.3 Å². The van der Waals surface area contributed by atoms with Crippen LogP contribution in [-0.4, -0.2) is 53.1 Å². The van der Waals surface area contributed by atoms with E-state index in [0.29, 0.717) is 25.7 Å². The Balaban J connectivity index is 1.92. The standard InChI is InChI=1S/C16H24N2O2/c1-2-18(15-8-9-15)16(20)13-17(10-11-19)12-14-6-4-3-5-7-14/h3-7,15,19H,2,8-13H2,1H3. The highest BCUT2D eigenvalue weighted by Gasteiger charge is 2.31. The summed E-state index contributed by atoms with van der Waals surface area (Å²) in [5, 5.41) is 9.18. The smallest absolute Gasteiger partial charge is 0.236 e. The zero-order chi connectivity index (χ0) is 14.4. The van der Waals surface area contributed by atoms with Crippen molar-refractivity contribution in [1.82, 2.24) is 9.80 Å². The second-order valence-corrected chi connectivity index (χ2v) is 5.33. The van der Waals surface area contributed by atoms with Crippen molar-refractivity contribution in [1.29, 1.82) is 0 Å². The second-order valence-electron chi connectivity index (χ2n) is 5.33. The summed E-state index contributed by atoms with van der Waals surface area (Å²) in [6.45, 7) is 4.51. The SMILES string of the molecule is CCN(C(=O)CN(CCO)Cc1ccccc1)C1CC1. The van der Waals surface area contributed by atoms with Crippen LogP contribution in [0.25, 0.3) is 0 Å². The van der Waals surface area contributed by atoms with E-state index < -0.39 is 0 Å². The molecule has 20 heavy (non-hydrogen) atoms. The number of amides is 1. The van der Waals surface area contributed by atoms with Crippen LogP contribution in [-0.2, 0) is 11.3 Å². The van der Waals surface area contributed by atoms with Gasteiger partial charge in [0.15, 0.2) is 0 Å². The molecule has 0 aliphatic heterocycles. The van der Waals surface area contributed by atoms with E-state index in [9.17, 15) is 9.90 Å². The molecule has 4 heteroatoms. The predicted molar refractivity (Wildman–Crippen MR) is 79.2 cm³/mol. The van der Waals surface area contributed by atoms with E-state index in [-0.39, 0.29) is 12.5 Å². The predicted octanol–water partition coefficient (Wildman–Crippen LogP) is 1.49. The van der Waals surface area contributed by atoms with E-state index in [4.69, 9.17) is 0 Å². The number of aliphatic hydroxyl groups excluding tert-OH is 1. The second kappa shape index (κ2) is 7.41. The summed E-state index contributed by atoms with van der Waals surface area (Å²) >= 11 is 0. The summed E-state index contributed by atoms with van der Waals surface area (Å²) in [7, 11) is 0. The fourth-order valence-electron chi connectivity index (χ4n) is 2.50. The van der Waals surface area contributed by atoms with Crippen LogP contribution >= 0.6 is 0 Å². The van der Waals surface area contributed by atoms with Gasteiger partial charge in [0.2, 0.25) is 5.91 Å². The van der Waals surface area contributed by atoms with Crippen molar-refractivity contribution in [2.24, 2.45) is 0 Å². The highest BCUT2D eigenvalue weighted by atomic mass is 16.3. The molecule has 1 aliphatic carbocycles. The maximum Gasteiger partial charge on any atom is 0.236 e. The monoisotopic (exact) mass is 276 g/mol. The highest BCUT2D eigenvalue weighted by Crippen LogP contribution is 2.26. The molecule has 1 saturated carbocycles. The average Bonchev–Trinajstić information content (AvgIpc) is 3.25. The van der Waals surface area contributed by atoms with Crippen molar-refractivity contribution in [2.75, 3.05) is 26.2 Å². The lowest BCUT2D eigenvalue weighted by atomic mass is 10.2. The Morgan fingerprint density at radius 3 is 2.55 bits per heavy atom. The minimum Gasteiger partial charge on any atom is -0.395 e. The minimum absolute atomic E-state index is 0.0790. The van der Waals surface area contributed by atoms with Crippen LogP contribution in [0.15, 0.2) is 30.3 Å². The number of nitrogens with zero attached hydrogens (tertiary/aromatic N) is 2. The lowest BCUT2D eigenvalue weighted by Crippen LogP contribution is -2.42. The van der Waals surface area contributed by atoms with E-state index in [0.717, 1.165) is 19.4 Å². The number of carbonyl (C=O) groups excluding carboxylic acids is 1. The molecule has 4 nitrogen and oxygen atoms in total. The first-order chi connectivity index (χ1) is 9.74. The van der Waals surface area contributed by atoms with E-state index in [1.165, 1.54) is 5.56 Å². The molecule has 1 aromatic carbocycles. The van der Waals surface area contributed by atoms with Crippen LogP contribution in [0, 0.1) is 0 Å². The molecule has 0 spiro atoms. The molecular formula is C16H24N2O2. The number of rotatable bonds is 8. The van der Waals surface area contributed by atoms with Gasteiger partial charge in [-0.2, -0.15) is 0 Å². The maximum atomic E-state index is 12.3. The highest BCUT2D eigenvalue weighted by molar-refractivity contribution is 5.78. The van der Waals surface area contributed by atoms with Gasteiger partial charge in [0.1, 0.15) is 0 Å². The van der Waals surface area contributed by atoms with Crippen LogP contribution in [0.1, 0.15) is 25.3 Å². The number of hydrogen-bond donors (Lipinski definition) is 1. The molecule has 1 fully saturated rings. The third-order valence-electron chi connectivity index (χ3n) is 3.67. The quantitative estimate of drug-likeness (QED) is 0.782. The van der Waals surface area contributed by atoms with Crippen LogP contribution in [0.2, 0.25) is 0 Å². The molecule has 0 aromatic heterocycles. The first kappa shape index (κ1) is 15.0. The van der Waals surface area contributed by atoms with Gasteiger partial charge in [-0.25, -0.2) is 0 Å². The first-order valence-corrected chi connectivity index (χ1v) is 7.41. The van der Waals surface area contributed by atoms with E-state index in [1.807, 2.05) is 47.1 Å².